The number of aryl methyl sites for hydroxylation is 3. The number of amides is 1. The Balaban J connectivity index is 1.43. The second-order valence-corrected chi connectivity index (χ2v) is 11.2. The molecule has 0 radical (unpaired) electrons. The summed E-state index contributed by atoms with van der Waals surface area (Å²) in [5, 5.41) is 13.1. The summed E-state index contributed by atoms with van der Waals surface area (Å²) in [5.41, 5.74) is 5.51. The lowest BCUT2D eigenvalue weighted by molar-refractivity contribution is -0.121. The minimum Gasteiger partial charge on any atom is -0.355 e. The van der Waals surface area contributed by atoms with Gasteiger partial charge in [-0.25, -0.2) is 0 Å². The summed E-state index contributed by atoms with van der Waals surface area (Å²) in [4.78, 5) is 24.3. The maximum Gasteiger partial charge on any atom is 0.222 e. The fourth-order valence-electron chi connectivity index (χ4n) is 4.91. The van der Waals surface area contributed by atoms with Gasteiger partial charge in [-0.05, 0) is 40.3 Å². The second kappa shape index (κ2) is 10.2. The van der Waals surface area contributed by atoms with Crippen LogP contribution in [-0.4, -0.2) is 82.5 Å². The number of nitrogens with zero attached hydrogens (tertiary/aromatic N) is 6. The van der Waals surface area contributed by atoms with Crippen LogP contribution < -0.4 is 5.32 Å². The molecular formula is C27H35N7OS. The van der Waals surface area contributed by atoms with Crippen molar-refractivity contribution in [3.8, 4) is 5.00 Å². The largest absolute Gasteiger partial charge is 0.355 e. The molecule has 9 heteroatoms. The van der Waals surface area contributed by atoms with Crippen LogP contribution in [-0.2, 0) is 4.79 Å². The number of thiophene rings is 1. The van der Waals surface area contributed by atoms with Crippen LogP contribution in [0.3, 0.4) is 0 Å². The molecule has 1 aromatic carbocycles. The van der Waals surface area contributed by atoms with E-state index in [0.29, 0.717) is 6.54 Å². The van der Waals surface area contributed by atoms with E-state index in [2.05, 4.69) is 82.0 Å². The highest BCUT2D eigenvalue weighted by molar-refractivity contribution is 7.15. The third-order valence-electron chi connectivity index (χ3n) is 7.29. The van der Waals surface area contributed by atoms with E-state index in [0.717, 1.165) is 66.2 Å². The summed E-state index contributed by atoms with van der Waals surface area (Å²) < 4.78 is 2.10. The van der Waals surface area contributed by atoms with Gasteiger partial charge in [-0.1, -0.05) is 29.8 Å². The normalized spacial score (nSPS) is 18.4. The maximum absolute atomic E-state index is 13.1. The molecule has 190 valence electrons. The summed E-state index contributed by atoms with van der Waals surface area (Å²) in [5.74, 6) is 1.53. The third kappa shape index (κ3) is 4.87. The molecule has 0 bridgehead atoms. The molecule has 0 saturated carbocycles. The standard InChI is InChI=1S/C27H35N7OS/c1-17-6-8-21(9-7-17)25-24-18(2)19(3)36-27(24)34-20(4)30-31-26(34)22(29-25)16-23(35)28-10-11-33-14-12-32(5)13-15-33/h6-9,22H,10-16H2,1-5H3,(H,28,35)/t22-/m0/s1. The molecule has 0 unspecified atom stereocenters. The zero-order valence-corrected chi connectivity index (χ0v) is 22.7. The van der Waals surface area contributed by atoms with Gasteiger partial charge in [0.1, 0.15) is 16.9 Å². The van der Waals surface area contributed by atoms with E-state index in [4.69, 9.17) is 4.99 Å². The van der Waals surface area contributed by atoms with E-state index >= 15 is 0 Å². The molecule has 1 fully saturated rings. The molecular weight excluding hydrogens is 470 g/mol. The number of likely N-dealkylation sites (N-methyl/N-ethyl adjacent to an activating group) is 1. The summed E-state index contributed by atoms with van der Waals surface area (Å²) >= 11 is 1.74. The Labute approximate surface area is 217 Å². The molecule has 1 amide bonds. The number of hydrogen-bond donors (Lipinski definition) is 1. The van der Waals surface area contributed by atoms with E-state index < -0.39 is 6.04 Å². The van der Waals surface area contributed by atoms with Crippen molar-refractivity contribution in [3.63, 3.8) is 0 Å². The quantitative estimate of drug-likeness (QED) is 0.557. The van der Waals surface area contributed by atoms with Gasteiger partial charge in [-0.2, -0.15) is 0 Å². The van der Waals surface area contributed by atoms with Gasteiger partial charge in [0, 0.05) is 55.3 Å². The first-order valence-corrected chi connectivity index (χ1v) is 13.5. The third-order valence-corrected chi connectivity index (χ3v) is 8.48. The Bertz CT molecular complexity index is 1280. The predicted octanol–water partition coefficient (Wildman–Crippen LogP) is 3.21. The highest BCUT2D eigenvalue weighted by atomic mass is 32.1. The molecule has 1 N–H and O–H groups in total. The van der Waals surface area contributed by atoms with Gasteiger partial charge in [0.05, 0.1) is 12.1 Å². The number of nitrogens with one attached hydrogen (secondary N) is 1. The van der Waals surface area contributed by atoms with Gasteiger partial charge in [-0.3, -0.25) is 19.3 Å². The Morgan fingerprint density at radius 1 is 1.06 bits per heavy atom. The van der Waals surface area contributed by atoms with E-state index in [9.17, 15) is 4.79 Å². The van der Waals surface area contributed by atoms with Gasteiger partial charge in [0.15, 0.2) is 5.82 Å². The van der Waals surface area contributed by atoms with Crippen LogP contribution in [0.1, 0.15) is 51.2 Å². The second-order valence-electron chi connectivity index (χ2n) is 9.96. The molecule has 3 aromatic rings. The lowest BCUT2D eigenvalue weighted by atomic mass is 9.99. The van der Waals surface area contributed by atoms with Crippen LogP contribution in [0, 0.1) is 27.7 Å². The number of carbonyl (C=O) groups is 1. The van der Waals surface area contributed by atoms with Crippen molar-refractivity contribution in [1.29, 1.82) is 0 Å². The molecule has 2 aliphatic rings. The zero-order valence-electron chi connectivity index (χ0n) is 21.8. The average Bonchev–Trinajstić information content (AvgIpc) is 3.33. The van der Waals surface area contributed by atoms with E-state index in [1.54, 1.807) is 11.3 Å². The molecule has 36 heavy (non-hydrogen) atoms. The van der Waals surface area contributed by atoms with Crippen molar-refractivity contribution < 1.29 is 4.79 Å². The molecule has 2 aromatic heterocycles. The number of carbonyl (C=O) groups excluding carboxylic acids is 1. The first kappa shape index (κ1) is 24.8. The van der Waals surface area contributed by atoms with Crippen LogP contribution >= 0.6 is 11.3 Å². The fraction of sp³-hybridized carbons (Fsp3) is 0.481. The topological polar surface area (TPSA) is 78.7 Å². The Morgan fingerprint density at radius 3 is 2.50 bits per heavy atom. The number of rotatable bonds is 6. The maximum atomic E-state index is 13.1. The summed E-state index contributed by atoms with van der Waals surface area (Å²) in [6.07, 6.45) is 0.239. The minimum atomic E-state index is -0.412. The Morgan fingerprint density at radius 2 is 1.78 bits per heavy atom. The van der Waals surface area contributed by atoms with Crippen molar-refractivity contribution in [3.05, 3.63) is 63.0 Å². The molecule has 5 rings (SSSR count). The first-order chi connectivity index (χ1) is 17.3. The monoisotopic (exact) mass is 505 g/mol. The Kier molecular flexibility index (Phi) is 7.05. The minimum absolute atomic E-state index is 0.00788. The smallest absolute Gasteiger partial charge is 0.222 e. The first-order valence-electron chi connectivity index (χ1n) is 12.7. The van der Waals surface area contributed by atoms with Crippen molar-refractivity contribution >= 4 is 23.0 Å². The zero-order chi connectivity index (χ0) is 25.4. The van der Waals surface area contributed by atoms with Crippen LogP contribution in [0.2, 0.25) is 0 Å². The van der Waals surface area contributed by atoms with Gasteiger partial charge in [0.2, 0.25) is 5.91 Å². The highest BCUT2D eigenvalue weighted by Gasteiger charge is 2.32. The molecule has 4 heterocycles. The van der Waals surface area contributed by atoms with E-state index in [1.807, 2.05) is 6.92 Å². The molecule has 0 aliphatic carbocycles. The van der Waals surface area contributed by atoms with Gasteiger partial charge in [0.25, 0.3) is 0 Å². The SMILES string of the molecule is Cc1ccc(C2=N[C@@H](CC(=O)NCCN3CCN(C)CC3)c3nnc(C)n3-c3sc(C)c(C)c32)cc1. The Hall–Kier alpha value is -2.88. The van der Waals surface area contributed by atoms with Crippen LogP contribution in [0.4, 0.5) is 0 Å². The average molecular weight is 506 g/mol. The summed E-state index contributed by atoms with van der Waals surface area (Å²) in [6.45, 7) is 14.1. The van der Waals surface area contributed by atoms with Crippen molar-refractivity contribution in [1.82, 2.24) is 29.9 Å². The lowest BCUT2D eigenvalue weighted by Crippen LogP contribution is -2.47. The van der Waals surface area contributed by atoms with Crippen LogP contribution in [0.15, 0.2) is 29.3 Å². The molecule has 8 nitrogen and oxygen atoms in total. The van der Waals surface area contributed by atoms with Gasteiger partial charge >= 0.3 is 0 Å². The number of piperazine rings is 1. The summed E-state index contributed by atoms with van der Waals surface area (Å²) in [7, 11) is 2.15. The van der Waals surface area contributed by atoms with Crippen molar-refractivity contribution in [2.45, 2.75) is 40.2 Å². The number of aliphatic imine (C=N–C) groups is 1. The number of hydrogen-bond acceptors (Lipinski definition) is 7. The number of aromatic nitrogens is 3. The molecule has 2 aliphatic heterocycles. The lowest BCUT2D eigenvalue weighted by Gasteiger charge is -2.32. The number of fused-ring (bicyclic) bond motifs is 3. The van der Waals surface area contributed by atoms with Crippen molar-refractivity contribution in [2.75, 3.05) is 46.3 Å². The molecule has 0 spiro atoms. The highest BCUT2D eigenvalue weighted by Crippen LogP contribution is 2.39. The van der Waals surface area contributed by atoms with E-state index in [-0.39, 0.29) is 12.3 Å². The van der Waals surface area contributed by atoms with Crippen LogP contribution in [0.25, 0.3) is 5.00 Å². The molecule has 1 atom stereocenters. The van der Waals surface area contributed by atoms with Crippen LogP contribution in [0.5, 0.6) is 0 Å². The molecule has 1 saturated heterocycles. The van der Waals surface area contributed by atoms with Gasteiger partial charge in [-0.15, -0.1) is 21.5 Å². The number of benzene rings is 1. The summed E-state index contributed by atoms with van der Waals surface area (Å²) in [6, 6.07) is 8.06. The predicted molar refractivity (Wildman–Crippen MR) is 145 cm³/mol. The van der Waals surface area contributed by atoms with Crippen molar-refractivity contribution in [2.24, 2.45) is 4.99 Å². The fourth-order valence-corrected chi connectivity index (χ4v) is 6.12. The van der Waals surface area contributed by atoms with E-state index in [1.165, 1.54) is 16.0 Å². The van der Waals surface area contributed by atoms with Gasteiger partial charge < -0.3 is 10.2 Å².